The summed E-state index contributed by atoms with van der Waals surface area (Å²) in [7, 11) is 2.06. The fourth-order valence-corrected chi connectivity index (χ4v) is 2.45. The SMILES string of the molecule is CCCC(CNC)N1CCC(C)(C)C1. The smallest absolute Gasteiger partial charge is 0.0220 e. The Balaban J connectivity index is 2.44. The summed E-state index contributed by atoms with van der Waals surface area (Å²) in [5, 5.41) is 3.32. The third-order valence-corrected chi connectivity index (χ3v) is 3.28. The molecular formula is C12H26N2. The molecule has 0 amide bonds. The van der Waals surface area contributed by atoms with E-state index in [0.717, 1.165) is 12.6 Å². The number of hydrogen-bond acceptors (Lipinski definition) is 2. The lowest BCUT2D eigenvalue weighted by molar-refractivity contribution is 0.203. The van der Waals surface area contributed by atoms with Crippen LogP contribution in [0, 0.1) is 5.41 Å². The molecule has 2 heteroatoms. The molecule has 0 aromatic rings. The van der Waals surface area contributed by atoms with E-state index < -0.39 is 0 Å². The Labute approximate surface area is 89.1 Å². The molecule has 1 N–H and O–H groups in total. The highest BCUT2D eigenvalue weighted by Crippen LogP contribution is 2.30. The van der Waals surface area contributed by atoms with Crippen molar-refractivity contribution >= 4 is 0 Å². The first kappa shape index (κ1) is 12.0. The molecule has 2 nitrogen and oxygen atoms in total. The van der Waals surface area contributed by atoms with E-state index in [4.69, 9.17) is 0 Å². The number of hydrogen-bond donors (Lipinski definition) is 1. The van der Waals surface area contributed by atoms with Gasteiger partial charge in [0.25, 0.3) is 0 Å². The van der Waals surface area contributed by atoms with Gasteiger partial charge in [-0.25, -0.2) is 0 Å². The molecule has 84 valence electrons. The van der Waals surface area contributed by atoms with Crippen molar-refractivity contribution in [3.63, 3.8) is 0 Å². The summed E-state index contributed by atoms with van der Waals surface area (Å²) in [6.45, 7) is 10.8. The quantitative estimate of drug-likeness (QED) is 0.728. The summed E-state index contributed by atoms with van der Waals surface area (Å²) >= 11 is 0. The maximum Gasteiger partial charge on any atom is 0.0220 e. The lowest BCUT2D eigenvalue weighted by atomic mass is 9.93. The lowest BCUT2D eigenvalue weighted by Crippen LogP contribution is -2.40. The molecule has 0 radical (unpaired) electrons. The maximum absolute atomic E-state index is 3.32. The minimum atomic E-state index is 0.541. The minimum absolute atomic E-state index is 0.541. The first-order valence-corrected chi connectivity index (χ1v) is 5.97. The van der Waals surface area contributed by atoms with Gasteiger partial charge in [0.05, 0.1) is 0 Å². The van der Waals surface area contributed by atoms with Gasteiger partial charge in [-0.3, -0.25) is 4.90 Å². The lowest BCUT2D eigenvalue weighted by Gasteiger charge is -2.28. The van der Waals surface area contributed by atoms with E-state index >= 15 is 0 Å². The Morgan fingerprint density at radius 3 is 2.57 bits per heavy atom. The van der Waals surface area contributed by atoms with Gasteiger partial charge in [0.2, 0.25) is 0 Å². The summed E-state index contributed by atoms with van der Waals surface area (Å²) in [6.07, 6.45) is 3.98. The highest BCUT2D eigenvalue weighted by atomic mass is 15.2. The van der Waals surface area contributed by atoms with Crippen molar-refractivity contribution in [2.45, 2.75) is 46.1 Å². The third kappa shape index (κ3) is 3.25. The largest absolute Gasteiger partial charge is 0.318 e. The molecule has 0 aliphatic carbocycles. The van der Waals surface area contributed by atoms with Gasteiger partial charge < -0.3 is 5.32 Å². The monoisotopic (exact) mass is 198 g/mol. The molecule has 0 spiro atoms. The fraction of sp³-hybridized carbons (Fsp3) is 1.00. The van der Waals surface area contributed by atoms with Crippen LogP contribution in [0.1, 0.15) is 40.0 Å². The van der Waals surface area contributed by atoms with Crippen molar-refractivity contribution < 1.29 is 0 Å². The predicted octanol–water partition coefficient (Wildman–Crippen LogP) is 2.11. The molecule has 1 rings (SSSR count). The topological polar surface area (TPSA) is 15.3 Å². The molecule has 1 saturated heterocycles. The van der Waals surface area contributed by atoms with Crippen molar-refractivity contribution in [3.05, 3.63) is 0 Å². The van der Waals surface area contributed by atoms with Crippen LogP contribution < -0.4 is 5.32 Å². The van der Waals surface area contributed by atoms with Crippen LogP contribution >= 0.6 is 0 Å². The average molecular weight is 198 g/mol. The van der Waals surface area contributed by atoms with Crippen molar-refractivity contribution in [3.8, 4) is 0 Å². The molecule has 1 heterocycles. The number of likely N-dealkylation sites (tertiary alicyclic amines) is 1. The van der Waals surface area contributed by atoms with Crippen LogP contribution in [-0.2, 0) is 0 Å². The van der Waals surface area contributed by atoms with Crippen LogP contribution in [0.4, 0.5) is 0 Å². The number of rotatable bonds is 5. The van der Waals surface area contributed by atoms with E-state index in [0.29, 0.717) is 5.41 Å². The first-order chi connectivity index (χ1) is 6.59. The molecule has 1 aliphatic heterocycles. The normalized spacial score (nSPS) is 24.0. The molecule has 14 heavy (non-hydrogen) atoms. The molecule has 0 aromatic heterocycles. The van der Waals surface area contributed by atoms with E-state index in [1.807, 2.05) is 0 Å². The van der Waals surface area contributed by atoms with Crippen LogP contribution in [0.15, 0.2) is 0 Å². The Morgan fingerprint density at radius 2 is 2.14 bits per heavy atom. The van der Waals surface area contributed by atoms with Gasteiger partial charge in [-0.05, 0) is 31.8 Å². The van der Waals surface area contributed by atoms with Crippen LogP contribution in [0.5, 0.6) is 0 Å². The molecule has 0 saturated carbocycles. The predicted molar refractivity (Wildman–Crippen MR) is 62.6 cm³/mol. The zero-order valence-corrected chi connectivity index (χ0v) is 10.3. The summed E-state index contributed by atoms with van der Waals surface area (Å²) in [4.78, 5) is 2.67. The van der Waals surface area contributed by atoms with Gasteiger partial charge in [0, 0.05) is 19.1 Å². The molecule has 0 bridgehead atoms. The van der Waals surface area contributed by atoms with E-state index in [1.54, 1.807) is 0 Å². The van der Waals surface area contributed by atoms with E-state index in [-0.39, 0.29) is 0 Å². The molecule has 1 fully saturated rings. The van der Waals surface area contributed by atoms with Crippen molar-refractivity contribution in [2.24, 2.45) is 5.41 Å². The molecule has 1 atom stereocenters. The zero-order chi connectivity index (χ0) is 10.6. The van der Waals surface area contributed by atoms with Crippen LogP contribution in [-0.4, -0.2) is 37.6 Å². The Kier molecular flexibility index (Phi) is 4.39. The second-order valence-electron chi connectivity index (χ2n) is 5.38. The zero-order valence-electron chi connectivity index (χ0n) is 10.3. The number of nitrogens with one attached hydrogen (secondary N) is 1. The molecule has 1 unspecified atom stereocenters. The summed E-state index contributed by atoms with van der Waals surface area (Å²) in [6, 6.07) is 0.756. The second kappa shape index (κ2) is 5.13. The molecular weight excluding hydrogens is 172 g/mol. The first-order valence-electron chi connectivity index (χ1n) is 5.97. The van der Waals surface area contributed by atoms with Gasteiger partial charge in [-0.15, -0.1) is 0 Å². The number of nitrogens with zero attached hydrogens (tertiary/aromatic N) is 1. The van der Waals surface area contributed by atoms with Gasteiger partial charge in [0.1, 0.15) is 0 Å². The average Bonchev–Trinajstić information content (AvgIpc) is 2.46. The van der Waals surface area contributed by atoms with Gasteiger partial charge >= 0.3 is 0 Å². The van der Waals surface area contributed by atoms with Crippen LogP contribution in [0.3, 0.4) is 0 Å². The fourth-order valence-electron chi connectivity index (χ4n) is 2.45. The third-order valence-electron chi connectivity index (χ3n) is 3.28. The Hall–Kier alpha value is -0.0800. The number of likely N-dealkylation sites (N-methyl/N-ethyl adjacent to an activating group) is 1. The summed E-state index contributed by atoms with van der Waals surface area (Å²) in [5.41, 5.74) is 0.541. The van der Waals surface area contributed by atoms with Gasteiger partial charge in [-0.2, -0.15) is 0 Å². The van der Waals surface area contributed by atoms with Crippen LogP contribution in [0.2, 0.25) is 0 Å². The van der Waals surface area contributed by atoms with Crippen molar-refractivity contribution in [1.29, 1.82) is 0 Å². The second-order valence-corrected chi connectivity index (χ2v) is 5.38. The van der Waals surface area contributed by atoms with E-state index in [1.165, 1.54) is 32.4 Å². The highest BCUT2D eigenvalue weighted by molar-refractivity contribution is 4.87. The van der Waals surface area contributed by atoms with E-state index in [9.17, 15) is 0 Å². The van der Waals surface area contributed by atoms with Gasteiger partial charge in [0.15, 0.2) is 0 Å². The highest BCUT2D eigenvalue weighted by Gasteiger charge is 2.32. The summed E-state index contributed by atoms with van der Waals surface area (Å²) < 4.78 is 0. The van der Waals surface area contributed by atoms with Gasteiger partial charge in [-0.1, -0.05) is 27.2 Å². The van der Waals surface area contributed by atoms with E-state index in [2.05, 4.69) is 38.0 Å². The molecule has 1 aliphatic rings. The minimum Gasteiger partial charge on any atom is -0.318 e. The summed E-state index contributed by atoms with van der Waals surface area (Å²) in [5.74, 6) is 0. The standard InChI is InChI=1S/C12H26N2/c1-5-6-11(9-13-4)14-8-7-12(2,3)10-14/h11,13H,5-10H2,1-4H3. The Bertz CT molecular complexity index is 160. The Morgan fingerprint density at radius 1 is 1.43 bits per heavy atom. The van der Waals surface area contributed by atoms with Crippen molar-refractivity contribution in [1.82, 2.24) is 10.2 Å². The van der Waals surface area contributed by atoms with Crippen LogP contribution in [0.25, 0.3) is 0 Å². The molecule has 0 aromatic carbocycles. The van der Waals surface area contributed by atoms with Crippen molar-refractivity contribution in [2.75, 3.05) is 26.7 Å². The maximum atomic E-state index is 3.32.